The van der Waals surface area contributed by atoms with E-state index in [0.717, 1.165) is 5.56 Å². The summed E-state index contributed by atoms with van der Waals surface area (Å²) in [5.74, 6) is -1.23. The summed E-state index contributed by atoms with van der Waals surface area (Å²) in [6.07, 6.45) is -0.00317. The summed E-state index contributed by atoms with van der Waals surface area (Å²) in [6, 6.07) is 5.45. The normalized spacial score (nSPS) is 12.4. The highest BCUT2D eigenvalue weighted by Crippen LogP contribution is 2.20. The molecule has 0 spiro atoms. The Bertz CT molecular complexity index is 436. The van der Waals surface area contributed by atoms with E-state index in [-0.39, 0.29) is 23.3 Å². The molecule has 4 nitrogen and oxygen atoms in total. The van der Waals surface area contributed by atoms with Crippen molar-refractivity contribution >= 4 is 23.2 Å². The molecule has 1 rings (SSSR count). The number of carboxylic acid groups (broad SMARTS) is 1. The van der Waals surface area contributed by atoms with Crippen LogP contribution in [0.4, 0.5) is 4.39 Å². The second-order valence-corrected chi connectivity index (χ2v) is 4.45. The quantitative estimate of drug-likeness (QED) is 0.768. The first-order valence-corrected chi connectivity index (χ1v) is 5.79. The highest BCUT2D eigenvalue weighted by Gasteiger charge is 2.20. The summed E-state index contributed by atoms with van der Waals surface area (Å²) >= 11 is 4.98. The minimum Gasteiger partial charge on any atom is -0.481 e. The Morgan fingerprint density at radius 2 is 2.06 bits per heavy atom. The van der Waals surface area contributed by atoms with Crippen molar-refractivity contribution in [1.82, 2.24) is 4.90 Å². The number of likely N-dealkylation sites (N-methyl/N-ethyl adjacent to an activating group) is 1. The van der Waals surface area contributed by atoms with E-state index in [9.17, 15) is 9.18 Å². The minimum atomic E-state index is -0.886. The van der Waals surface area contributed by atoms with Crippen molar-refractivity contribution in [2.45, 2.75) is 12.5 Å². The van der Waals surface area contributed by atoms with Gasteiger partial charge in [-0.3, -0.25) is 9.69 Å². The number of nitrogens with two attached hydrogens (primary N) is 1. The van der Waals surface area contributed by atoms with E-state index in [4.69, 9.17) is 23.1 Å². The number of hydrogen-bond donors (Lipinski definition) is 2. The van der Waals surface area contributed by atoms with Gasteiger partial charge in [-0.2, -0.15) is 0 Å². The third-order valence-electron chi connectivity index (χ3n) is 2.57. The molecule has 3 N–H and O–H groups in total. The number of rotatable bonds is 6. The van der Waals surface area contributed by atoms with E-state index in [0.29, 0.717) is 6.54 Å². The van der Waals surface area contributed by atoms with Crippen LogP contribution < -0.4 is 5.73 Å². The molecule has 0 fully saturated rings. The Morgan fingerprint density at radius 1 is 1.50 bits per heavy atom. The first-order valence-electron chi connectivity index (χ1n) is 5.38. The van der Waals surface area contributed by atoms with Crippen LogP contribution in [0.1, 0.15) is 18.0 Å². The molecule has 1 aromatic carbocycles. The number of hydrogen-bond acceptors (Lipinski definition) is 3. The molecule has 98 valence electrons. The van der Waals surface area contributed by atoms with Crippen molar-refractivity contribution < 1.29 is 14.3 Å². The van der Waals surface area contributed by atoms with Gasteiger partial charge in [0, 0.05) is 6.54 Å². The maximum absolute atomic E-state index is 12.9. The summed E-state index contributed by atoms with van der Waals surface area (Å²) in [6.45, 7) is 0.314. The zero-order valence-electron chi connectivity index (χ0n) is 9.97. The van der Waals surface area contributed by atoms with Crippen LogP contribution in [0.2, 0.25) is 0 Å². The first-order chi connectivity index (χ1) is 8.41. The largest absolute Gasteiger partial charge is 0.481 e. The summed E-state index contributed by atoms with van der Waals surface area (Å²) < 4.78 is 12.9. The molecule has 1 unspecified atom stereocenters. The monoisotopic (exact) mass is 270 g/mol. The maximum atomic E-state index is 12.9. The Morgan fingerprint density at radius 3 is 2.50 bits per heavy atom. The smallest absolute Gasteiger partial charge is 0.304 e. The first kappa shape index (κ1) is 14.5. The Kier molecular flexibility index (Phi) is 5.18. The van der Waals surface area contributed by atoms with Gasteiger partial charge in [0.2, 0.25) is 0 Å². The second kappa shape index (κ2) is 6.42. The van der Waals surface area contributed by atoms with E-state index in [1.165, 1.54) is 12.1 Å². The van der Waals surface area contributed by atoms with Gasteiger partial charge in [-0.1, -0.05) is 24.4 Å². The Balaban J connectivity index is 2.85. The van der Waals surface area contributed by atoms with Crippen LogP contribution in [0.3, 0.4) is 0 Å². The molecule has 0 saturated carbocycles. The van der Waals surface area contributed by atoms with Crippen molar-refractivity contribution in [3.05, 3.63) is 35.6 Å². The molecule has 1 aromatic rings. The topological polar surface area (TPSA) is 66.6 Å². The van der Waals surface area contributed by atoms with E-state index >= 15 is 0 Å². The molecule has 0 saturated heterocycles. The van der Waals surface area contributed by atoms with Crippen LogP contribution in [0.5, 0.6) is 0 Å². The fraction of sp³-hybridized carbons (Fsp3) is 0.333. The molecule has 0 bridgehead atoms. The highest BCUT2D eigenvalue weighted by molar-refractivity contribution is 7.80. The third kappa shape index (κ3) is 4.05. The number of aliphatic carboxylic acids is 1. The lowest BCUT2D eigenvalue weighted by molar-refractivity contribution is -0.137. The van der Waals surface area contributed by atoms with Gasteiger partial charge in [0.25, 0.3) is 0 Å². The van der Waals surface area contributed by atoms with E-state index in [1.807, 2.05) is 0 Å². The second-order valence-electron chi connectivity index (χ2n) is 3.98. The van der Waals surface area contributed by atoms with Crippen LogP contribution in [0.25, 0.3) is 0 Å². The van der Waals surface area contributed by atoms with Crippen LogP contribution in [0, 0.1) is 5.82 Å². The average molecular weight is 270 g/mol. The van der Waals surface area contributed by atoms with Gasteiger partial charge in [-0.05, 0) is 24.7 Å². The van der Waals surface area contributed by atoms with Crippen molar-refractivity contribution in [3.63, 3.8) is 0 Å². The van der Waals surface area contributed by atoms with Crippen LogP contribution >= 0.6 is 12.2 Å². The minimum absolute atomic E-state index is 0.00317. The zero-order chi connectivity index (χ0) is 13.7. The number of benzene rings is 1. The number of nitrogens with zero attached hydrogens (tertiary/aromatic N) is 1. The maximum Gasteiger partial charge on any atom is 0.304 e. The molecule has 0 radical (unpaired) electrons. The van der Waals surface area contributed by atoms with Crippen LogP contribution in [0.15, 0.2) is 24.3 Å². The third-order valence-corrected chi connectivity index (χ3v) is 2.80. The molecule has 0 aliphatic carbocycles. The van der Waals surface area contributed by atoms with Crippen LogP contribution in [-0.4, -0.2) is 34.6 Å². The Labute approximate surface area is 110 Å². The number of carboxylic acids is 1. The highest BCUT2D eigenvalue weighted by atomic mass is 32.1. The summed E-state index contributed by atoms with van der Waals surface area (Å²) in [7, 11) is 1.73. The molecule has 1 atom stereocenters. The molecule has 6 heteroatoms. The van der Waals surface area contributed by atoms with Crippen molar-refractivity contribution in [2.75, 3.05) is 13.6 Å². The van der Waals surface area contributed by atoms with Gasteiger partial charge >= 0.3 is 5.97 Å². The fourth-order valence-electron chi connectivity index (χ4n) is 1.68. The van der Waals surface area contributed by atoms with E-state index < -0.39 is 5.97 Å². The van der Waals surface area contributed by atoms with Gasteiger partial charge in [0.05, 0.1) is 17.5 Å². The lowest BCUT2D eigenvalue weighted by atomic mass is 10.1. The van der Waals surface area contributed by atoms with Gasteiger partial charge in [-0.25, -0.2) is 4.39 Å². The molecule has 18 heavy (non-hydrogen) atoms. The molecule has 0 heterocycles. The van der Waals surface area contributed by atoms with Crippen LogP contribution in [-0.2, 0) is 4.79 Å². The van der Waals surface area contributed by atoms with Gasteiger partial charge in [0.15, 0.2) is 0 Å². The molecular formula is C12H15FN2O2S. The Hall–Kier alpha value is -1.53. The summed E-state index contributed by atoms with van der Waals surface area (Å²) in [5, 5.41) is 8.65. The summed E-state index contributed by atoms with van der Waals surface area (Å²) in [5.41, 5.74) is 6.41. The molecule has 0 aromatic heterocycles. The lowest BCUT2D eigenvalue weighted by Gasteiger charge is -2.27. The van der Waals surface area contributed by atoms with Gasteiger partial charge in [0.1, 0.15) is 5.82 Å². The zero-order valence-corrected chi connectivity index (χ0v) is 10.8. The number of carbonyl (C=O) groups is 1. The number of thiocarbonyl (C=S) groups is 1. The van der Waals surface area contributed by atoms with E-state index in [1.54, 1.807) is 24.1 Å². The van der Waals surface area contributed by atoms with Crippen molar-refractivity contribution in [1.29, 1.82) is 0 Å². The fourth-order valence-corrected chi connectivity index (χ4v) is 2.00. The van der Waals surface area contributed by atoms with Crippen molar-refractivity contribution in [2.24, 2.45) is 5.73 Å². The summed E-state index contributed by atoms with van der Waals surface area (Å²) in [4.78, 5) is 12.5. The molecule has 0 amide bonds. The van der Waals surface area contributed by atoms with E-state index in [2.05, 4.69) is 0 Å². The van der Waals surface area contributed by atoms with Crippen molar-refractivity contribution in [3.8, 4) is 0 Å². The molecule has 0 aliphatic heterocycles. The lowest BCUT2D eigenvalue weighted by Crippen LogP contribution is -2.35. The van der Waals surface area contributed by atoms with Gasteiger partial charge in [-0.15, -0.1) is 0 Å². The predicted octanol–water partition coefficient (Wildman–Crippen LogP) is 1.56. The van der Waals surface area contributed by atoms with Gasteiger partial charge < -0.3 is 10.8 Å². The number of halogens is 1. The molecule has 0 aliphatic rings. The standard InChI is InChI=1S/C12H15FN2O2S/c1-15(7-6-10(16)17)11(12(14)18)8-2-4-9(13)5-3-8/h2-5,11H,6-7H2,1H3,(H2,14,18)(H,16,17). The SMILES string of the molecule is CN(CCC(=O)O)C(C(N)=S)c1ccc(F)cc1. The average Bonchev–Trinajstić information content (AvgIpc) is 2.29. The molecular weight excluding hydrogens is 255 g/mol. The predicted molar refractivity (Wildman–Crippen MR) is 70.8 cm³/mol.